The maximum atomic E-state index is 13.5. The van der Waals surface area contributed by atoms with Crippen LogP contribution in [0.3, 0.4) is 0 Å². The summed E-state index contributed by atoms with van der Waals surface area (Å²) in [6, 6.07) is 7.62. The van der Waals surface area contributed by atoms with Crippen molar-refractivity contribution in [3.63, 3.8) is 0 Å². The molecule has 0 amide bonds. The maximum absolute atomic E-state index is 13.5. The Morgan fingerprint density at radius 3 is 2.57 bits per heavy atom. The highest BCUT2D eigenvalue weighted by Gasteiger charge is 2.55. The van der Waals surface area contributed by atoms with E-state index in [1.807, 2.05) is 31.2 Å². The zero-order valence-electron chi connectivity index (χ0n) is 16.9. The molecule has 2 heterocycles. The van der Waals surface area contributed by atoms with Gasteiger partial charge in [-0.2, -0.15) is 0 Å². The van der Waals surface area contributed by atoms with E-state index in [9.17, 15) is 14.4 Å². The Kier molecular flexibility index (Phi) is 5.36. The van der Waals surface area contributed by atoms with Crippen LogP contribution in [0.15, 0.2) is 37.6 Å². The Bertz CT molecular complexity index is 1270. The fourth-order valence-electron chi connectivity index (χ4n) is 3.86. The fraction of sp³-hybridized carbons (Fsp3) is 0.381. The first-order valence-electron chi connectivity index (χ1n) is 9.51. The first-order chi connectivity index (χ1) is 14.4. The second-order valence-electron chi connectivity index (χ2n) is 7.34. The lowest BCUT2D eigenvalue weighted by Gasteiger charge is -2.18. The number of carbonyl (C=O) groups excluding carboxylic acids is 1. The molecule has 0 unspecified atom stereocenters. The van der Waals surface area contributed by atoms with Crippen molar-refractivity contribution in [2.75, 3.05) is 14.2 Å². The quantitative estimate of drug-likeness (QED) is 0.493. The van der Waals surface area contributed by atoms with Gasteiger partial charge in [-0.25, -0.2) is 14.2 Å². The summed E-state index contributed by atoms with van der Waals surface area (Å²) in [5, 5.41) is 0.460. The summed E-state index contributed by atoms with van der Waals surface area (Å²) in [5.41, 5.74) is -0.408. The number of para-hydroxylation sites is 1. The van der Waals surface area contributed by atoms with Crippen molar-refractivity contribution in [2.45, 2.75) is 38.3 Å². The Hall–Kier alpha value is -2.39. The van der Waals surface area contributed by atoms with E-state index in [2.05, 4.69) is 15.9 Å². The molecule has 0 radical (unpaired) electrons. The number of ether oxygens (including phenoxy) is 2. The van der Waals surface area contributed by atoms with E-state index in [0.29, 0.717) is 36.0 Å². The molecule has 4 rings (SSSR count). The zero-order chi connectivity index (χ0) is 21.6. The van der Waals surface area contributed by atoms with Crippen molar-refractivity contribution in [2.24, 2.45) is 0 Å². The second-order valence-corrected chi connectivity index (χ2v) is 9.66. The van der Waals surface area contributed by atoms with Gasteiger partial charge >= 0.3 is 11.7 Å². The second kappa shape index (κ2) is 7.70. The van der Waals surface area contributed by atoms with Crippen LogP contribution in [0, 0.1) is 6.92 Å². The molecule has 0 bridgehead atoms. The number of methoxy groups -OCH3 is 2. The van der Waals surface area contributed by atoms with E-state index in [0.717, 1.165) is 25.2 Å². The number of aromatic nitrogens is 2. The molecular weight excluding hydrogens is 472 g/mol. The number of thiophene rings is 1. The largest absolute Gasteiger partial charge is 0.496 e. The Labute approximate surface area is 185 Å². The average Bonchev–Trinajstić information content (AvgIpc) is 3.48. The minimum absolute atomic E-state index is 0.347. The topological polar surface area (TPSA) is 79.5 Å². The van der Waals surface area contributed by atoms with Crippen molar-refractivity contribution in [3.05, 3.63) is 60.0 Å². The van der Waals surface area contributed by atoms with Crippen LogP contribution in [-0.4, -0.2) is 29.3 Å². The third-order valence-electron chi connectivity index (χ3n) is 5.67. The van der Waals surface area contributed by atoms with Crippen molar-refractivity contribution < 1.29 is 14.3 Å². The number of aryl methyl sites for hydroxylation is 3. The number of hydrogen-bond acceptors (Lipinski definition) is 6. The SMILES string of the molecule is COC(=O)C1(n2c(=O)c3c(C)c(Br)sc3n(CCc3ccccc3OC)c2=O)CC1. The van der Waals surface area contributed by atoms with Gasteiger partial charge in [0.1, 0.15) is 16.1 Å². The molecule has 7 nitrogen and oxygen atoms in total. The third kappa shape index (κ3) is 3.11. The van der Waals surface area contributed by atoms with Crippen LogP contribution in [0.1, 0.15) is 24.0 Å². The smallest absolute Gasteiger partial charge is 0.333 e. The molecule has 1 fully saturated rings. The molecule has 30 heavy (non-hydrogen) atoms. The summed E-state index contributed by atoms with van der Waals surface area (Å²) in [7, 11) is 2.88. The van der Waals surface area contributed by atoms with Gasteiger partial charge in [-0.15, -0.1) is 11.3 Å². The molecule has 1 aliphatic carbocycles. The molecule has 9 heteroatoms. The van der Waals surface area contributed by atoms with Crippen LogP contribution in [0.4, 0.5) is 0 Å². The van der Waals surface area contributed by atoms with Crippen LogP contribution >= 0.6 is 27.3 Å². The Balaban J connectivity index is 1.91. The Morgan fingerprint density at radius 2 is 1.93 bits per heavy atom. The zero-order valence-corrected chi connectivity index (χ0v) is 19.3. The summed E-state index contributed by atoms with van der Waals surface area (Å²) in [5.74, 6) is 0.191. The van der Waals surface area contributed by atoms with Gasteiger partial charge < -0.3 is 9.47 Å². The van der Waals surface area contributed by atoms with Gasteiger partial charge in [0.05, 0.1) is 23.4 Å². The lowest BCUT2D eigenvalue weighted by Crippen LogP contribution is -2.49. The molecule has 2 aromatic heterocycles. The number of benzene rings is 1. The van der Waals surface area contributed by atoms with Gasteiger partial charge in [-0.1, -0.05) is 18.2 Å². The minimum atomic E-state index is -1.20. The van der Waals surface area contributed by atoms with Crippen molar-refractivity contribution in [1.29, 1.82) is 0 Å². The van der Waals surface area contributed by atoms with Gasteiger partial charge in [0.25, 0.3) is 5.56 Å². The normalized spacial score (nSPS) is 14.7. The number of nitrogens with zero attached hydrogens (tertiary/aromatic N) is 2. The van der Waals surface area contributed by atoms with E-state index in [4.69, 9.17) is 9.47 Å². The monoisotopic (exact) mass is 492 g/mol. The molecule has 1 aliphatic rings. The summed E-state index contributed by atoms with van der Waals surface area (Å²) in [6.07, 6.45) is 1.37. The number of hydrogen-bond donors (Lipinski definition) is 0. The predicted molar refractivity (Wildman–Crippen MR) is 119 cm³/mol. The highest BCUT2D eigenvalue weighted by molar-refractivity contribution is 9.11. The van der Waals surface area contributed by atoms with Gasteiger partial charge in [-0.3, -0.25) is 9.36 Å². The van der Waals surface area contributed by atoms with Crippen molar-refractivity contribution in [1.82, 2.24) is 9.13 Å². The van der Waals surface area contributed by atoms with Gasteiger partial charge in [-0.05, 0) is 59.3 Å². The van der Waals surface area contributed by atoms with Crippen LogP contribution in [0.5, 0.6) is 5.75 Å². The lowest BCUT2D eigenvalue weighted by molar-refractivity contribution is -0.146. The fourth-order valence-corrected chi connectivity index (χ4v) is 5.57. The van der Waals surface area contributed by atoms with Gasteiger partial charge in [0, 0.05) is 6.54 Å². The summed E-state index contributed by atoms with van der Waals surface area (Å²) >= 11 is 4.85. The molecular formula is C21H21BrN2O5S. The third-order valence-corrected chi connectivity index (χ3v) is 7.85. The summed E-state index contributed by atoms with van der Waals surface area (Å²) < 4.78 is 13.8. The number of halogens is 1. The first-order valence-corrected chi connectivity index (χ1v) is 11.1. The van der Waals surface area contributed by atoms with Crippen molar-refractivity contribution >= 4 is 43.5 Å². The molecule has 158 valence electrons. The van der Waals surface area contributed by atoms with Crippen molar-refractivity contribution in [3.8, 4) is 5.75 Å². The number of rotatable bonds is 6. The molecule has 0 aliphatic heterocycles. The van der Waals surface area contributed by atoms with E-state index < -0.39 is 22.8 Å². The van der Waals surface area contributed by atoms with Crippen LogP contribution in [0.2, 0.25) is 0 Å². The minimum Gasteiger partial charge on any atom is -0.496 e. The van der Waals surface area contributed by atoms with Gasteiger partial charge in [0.2, 0.25) is 0 Å². The van der Waals surface area contributed by atoms with E-state index in [1.54, 1.807) is 11.7 Å². The molecule has 1 saturated carbocycles. The van der Waals surface area contributed by atoms with Crippen LogP contribution < -0.4 is 16.0 Å². The molecule has 3 aromatic rings. The number of carbonyl (C=O) groups is 1. The molecule has 1 aromatic carbocycles. The molecule has 0 N–H and O–H groups in total. The van der Waals surface area contributed by atoms with E-state index in [1.165, 1.54) is 18.4 Å². The highest BCUT2D eigenvalue weighted by atomic mass is 79.9. The predicted octanol–water partition coefficient (Wildman–Crippen LogP) is 3.21. The average molecular weight is 493 g/mol. The van der Waals surface area contributed by atoms with Crippen LogP contribution in [0.25, 0.3) is 10.2 Å². The summed E-state index contributed by atoms with van der Waals surface area (Å²) in [4.78, 5) is 39.9. The van der Waals surface area contributed by atoms with Crippen LogP contribution in [-0.2, 0) is 28.0 Å². The number of fused-ring (bicyclic) bond motifs is 1. The molecule has 0 spiro atoms. The van der Waals surface area contributed by atoms with E-state index >= 15 is 0 Å². The lowest BCUT2D eigenvalue weighted by atomic mass is 10.1. The standard InChI is InChI=1S/C21H21BrN2O5S/c1-12-15-17(25)24(21(9-10-21)19(26)29-3)20(27)23(18(15)30-16(12)22)11-8-13-6-4-5-7-14(13)28-2/h4-7H,8-11H2,1-3H3. The van der Waals surface area contributed by atoms with Gasteiger partial charge in [0.15, 0.2) is 0 Å². The highest BCUT2D eigenvalue weighted by Crippen LogP contribution is 2.43. The number of esters is 1. The molecule has 0 saturated heterocycles. The maximum Gasteiger partial charge on any atom is 0.333 e. The Morgan fingerprint density at radius 1 is 1.23 bits per heavy atom. The summed E-state index contributed by atoms with van der Waals surface area (Å²) in [6.45, 7) is 2.18. The van der Waals surface area contributed by atoms with E-state index in [-0.39, 0.29) is 0 Å². The first kappa shape index (κ1) is 20.9. The molecule has 0 atom stereocenters.